The van der Waals surface area contributed by atoms with Crippen LogP contribution in [0.3, 0.4) is 0 Å². The number of carbonyl (C=O) groups is 1. The summed E-state index contributed by atoms with van der Waals surface area (Å²) in [5, 5.41) is 3.30. The lowest BCUT2D eigenvalue weighted by atomic mass is 10.2. The quantitative estimate of drug-likeness (QED) is 0.827. The van der Waals surface area contributed by atoms with Crippen molar-refractivity contribution in [2.45, 2.75) is 26.2 Å². The molecule has 0 amide bonds. The highest BCUT2D eigenvalue weighted by atomic mass is 16.5. The first-order chi connectivity index (χ1) is 9.24. The lowest BCUT2D eigenvalue weighted by molar-refractivity contribution is -0.138. The van der Waals surface area contributed by atoms with E-state index in [9.17, 15) is 4.79 Å². The molecule has 1 aromatic carbocycles. The monoisotopic (exact) mass is 261 g/mol. The molecule has 4 heteroatoms. The van der Waals surface area contributed by atoms with Gasteiger partial charge in [0.2, 0.25) is 0 Å². The predicted molar refractivity (Wildman–Crippen MR) is 74.1 cm³/mol. The average molecular weight is 261 g/mol. The zero-order valence-corrected chi connectivity index (χ0v) is 11.4. The summed E-state index contributed by atoms with van der Waals surface area (Å²) in [5.74, 6) is 0.618. The van der Waals surface area contributed by atoms with Crippen LogP contribution in [0.15, 0.2) is 35.5 Å². The normalized spacial score (nSPS) is 14.4. The Morgan fingerprint density at radius 1 is 1.26 bits per heavy atom. The highest BCUT2D eigenvalue weighted by molar-refractivity contribution is 5.90. The molecule has 0 aliphatic heterocycles. The third-order valence-electron chi connectivity index (χ3n) is 3.12. The van der Waals surface area contributed by atoms with Crippen molar-refractivity contribution >= 4 is 11.7 Å². The second-order valence-electron chi connectivity index (χ2n) is 4.38. The highest BCUT2D eigenvalue weighted by Gasteiger charge is 2.21. The molecule has 0 unspecified atom stereocenters. The first-order valence-corrected chi connectivity index (χ1v) is 6.54. The first kappa shape index (κ1) is 13.5. The molecule has 0 saturated heterocycles. The number of allylic oxidation sites excluding steroid dienone is 1. The third-order valence-corrected chi connectivity index (χ3v) is 3.12. The van der Waals surface area contributed by atoms with E-state index >= 15 is 0 Å². The van der Waals surface area contributed by atoms with Crippen molar-refractivity contribution in [1.82, 2.24) is 0 Å². The number of ether oxygens (including phenoxy) is 2. The largest absolute Gasteiger partial charge is 0.497 e. The van der Waals surface area contributed by atoms with Crippen molar-refractivity contribution in [1.29, 1.82) is 0 Å². The predicted octanol–water partition coefficient (Wildman–Crippen LogP) is 3.11. The van der Waals surface area contributed by atoms with Gasteiger partial charge in [0.05, 0.1) is 19.3 Å². The summed E-state index contributed by atoms with van der Waals surface area (Å²) < 4.78 is 10.2. The molecule has 0 radical (unpaired) electrons. The van der Waals surface area contributed by atoms with Gasteiger partial charge in [0, 0.05) is 11.4 Å². The van der Waals surface area contributed by atoms with Crippen LogP contribution in [-0.4, -0.2) is 19.7 Å². The number of methoxy groups -OCH3 is 1. The van der Waals surface area contributed by atoms with Gasteiger partial charge in [0.15, 0.2) is 0 Å². The molecule has 1 N–H and O–H groups in total. The number of esters is 1. The molecule has 0 bridgehead atoms. The number of hydrogen-bond donors (Lipinski definition) is 1. The van der Waals surface area contributed by atoms with Crippen molar-refractivity contribution < 1.29 is 14.3 Å². The van der Waals surface area contributed by atoms with Crippen molar-refractivity contribution in [3.63, 3.8) is 0 Å². The molecule has 0 heterocycles. The van der Waals surface area contributed by atoms with E-state index in [1.54, 1.807) is 7.11 Å². The SMILES string of the molecule is CCOC(=O)C1=C(Nc2ccc(OC)cc2)CCC1. The van der Waals surface area contributed by atoms with Gasteiger partial charge in [-0.25, -0.2) is 4.79 Å². The molecule has 0 saturated carbocycles. The van der Waals surface area contributed by atoms with E-state index in [-0.39, 0.29) is 5.97 Å². The molecule has 1 aliphatic rings. The Bertz CT molecular complexity index is 477. The second-order valence-corrected chi connectivity index (χ2v) is 4.38. The second kappa shape index (κ2) is 6.27. The third kappa shape index (κ3) is 3.28. The molecule has 0 fully saturated rings. The van der Waals surface area contributed by atoms with Gasteiger partial charge in [-0.15, -0.1) is 0 Å². The van der Waals surface area contributed by atoms with Crippen LogP contribution in [-0.2, 0) is 9.53 Å². The van der Waals surface area contributed by atoms with Gasteiger partial charge in [-0.05, 0) is 50.5 Å². The summed E-state index contributed by atoms with van der Waals surface area (Å²) in [6, 6.07) is 7.66. The summed E-state index contributed by atoms with van der Waals surface area (Å²) in [6.07, 6.45) is 2.67. The van der Waals surface area contributed by atoms with Crippen molar-refractivity contribution in [2.75, 3.05) is 19.0 Å². The zero-order chi connectivity index (χ0) is 13.7. The number of hydrogen-bond acceptors (Lipinski definition) is 4. The van der Waals surface area contributed by atoms with E-state index < -0.39 is 0 Å². The van der Waals surface area contributed by atoms with E-state index in [0.717, 1.165) is 42.0 Å². The lowest BCUT2D eigenvalue weighted by Gasteiger charge is -2.10. The van der Waals surface area contributed by atoms with E-state index in [4.69, 9.17) is 9.47 Å². The van der Waals surface area contributed by atoms with Crippen LogP contribution in [0.2, 0.25) is 0 Å². The minimum atomic E-state index is -0.198. The maximum Gasteiger partial charge on any atom is 0.335 e. The molecule has 102 valence electrons. The number of nitrogens with one attached hydrogen (secondary N) is 1. The van der Waals surface area contributed by atoms with Crippen LogP contribution in [0.5, 0.6) is 5.75 Å². The van der Waals surface area contributed by atoms with Crippen LogP contribution >= 0.6 is 0 Å². The Hall–Kier alpha value is -1.97. The van der Waals surface area contributed by atoms with Crippen LogP contribution in [0.1, 0.15) is 26.2 Å². The Kier molecular flexibility index (Phi) is 4.44. The maximum absolute atomic E-state index is 11.8. The Morgan fingerprint density at radius 3 is 2.63 bits per heavy atom. The molecule has 2 rings (SSSR count). The van der Waals surface area contributed by atoms with Gasteiger partial charge < -0.3 is 14.8 Å². The van der Waals surface area contributed by atoms with Gasteiger partial charge in [0.1, 0.15) is 5.75 Å². The van der Waals surface area contributed by atoms with Gasteiger partial charge in [-0.3, -0.25) is 0 Å². The molecule has 19 heavy (non-hydrogen) atoms. The molecule has 0 spiro atoms. The summed E-state index contributed by atoms with van der Waals surface area (Å²) in [7, 11) is 1.64. The van der Waals surface area contributed by atoms with E-state index in [2.05, 4.69) is 5.32 Å². The lowest BCUT2D eigenvalue weighted by Crippen LogP contribution is -2.10. The van der Waals surface area contributed by atoms with E-state index in [1.807, 2.05) is 31.2 Å². The van der Waals surface area contributed by atoms with Gasteiger partial charge in [-0.2, -0.15) is 0 Å². The van der Waals surface area contributed by atoms with Crippen LogP contribution in [0.4, 0.5) is 5.69 Å². The average Bonchev–Trinajstić information content (AvgIpc) is 2.88. The minimum Gasteiger partial charge on any atom is -0.497 e. The fourth-order valence-corrected chi connectivity index (χ4v) is 2.17. The minimum absolute atomic E-state index is 0.198. The van der Waals surface area contributed by atoms with Crippen molar-refractivity contribution in [2.24, 2.45) is 0 Å². The molecule has 0 atom stereocenters. The maximum atomic E-state index is 11.8. The Labute approximate surface area is 113 Å². The molecular formula is C15H19NO3. The first-order valence-electron chi connectivity index (χ1n) is 6.54. The number of carbonyl (C=O) groups excluding carboxylic acids is 1. The number of anilines is 1. The topological polar surface area (TPSA) is 47.6 Å². The molecular weight excluding hydrogens is 242 g/mol. The Balaban J connectivity index is 2.11. The fourth-order valence-electron chi connectivity index (χ4n) is 2.17. The zero-order valence-electron chi connectivity index (χ0n) is 11.4. The summed E-state index contributed by atoms with van der Waals surface area (Å²) in [6.45, 7) is 2.24. The Morgan fingerprint density at radius 2 is 2.00 bits per heavy atom. The molecule has 4 nitrogen and oxygen atoms in total. The standard InChI is InChI=1S/C15H19NO3/c1-3-19-15(17)13-5-4-6-14(13)16-11-7-9-12(18-2)10-8-11/h7-10,16H,3-6H2,1-2H3. The van der Waals surface area contributed by atoms with Crippen molar-refractivity contribution in [3.05, 3.63) is 35.5 Å². The van der Waals surface area contributed by atoms with Crippen LogP contribution < -0.4 is 10.1 Å². The smallest absolute Gasteiger partial charge is 0.335 e. The molecule has 0 aromatic heterocycles. The number of benzene rings is 1. The molecule has 1 aromatic rings. The highest BCUT2D eigenvalue weighted by Crippen LogP contribution is 2.28. The van der Waals surface area contributed by atoms with Crippen molar-refractivity contribution in [3.8, 4) is 5.75 Å². The molecule has 1 aliphatic carbocycles. The van der Waals surface area contributed by atoms with Crippen LogP contribution in [0, 0.1) is 0 Å². The summed E-state index contributed by atoms with van der Waals surface area (Å²) in [4.78, 5) is 11.8. The van der Waals surface area contributed by atoms with E-state index in [0.29, 0.717) is 6.61 Å². The van der Waals surface area contributed by atoms with Gasteiger partial charge in [0.25, 0.3) is 0 Å². The van der Waals surface area contributed by atoms with Gasteiger partial charge in [-0.1, -0.05) is 0 Å². The van der Waals surface area contributed by atoms with Gasteiger partial charge >= 0.3 is 5.97 Å². The summed E-state index contributed by atoms with van der Waals surface area (Å²) in [5.41, 5.74) is 2.71. The number of rotatable bonds is 5. The summed E-state index contributed by atoms with van der Waals surface area (Å²) >= 11 is 0. The fraction of sp³-hybridized carbons (Fsp3) is 0.400. The van der Waals surface area contributed by atoms with E-state index in [1.165, 1.54) is 0 Å². The van der Waals surface area contributed by atoms with Crippen LogP contribution in [0.25, 0.3) is 0 Å².